The van der Waals surface area contributed by atoms with E-state index in [1.165, 1.54) is 40.0 Å². The summed E-state index contributed by atoms with van der Waals surface area (Å²) >= 11 is 0. The van der Waals surface area contributed by atoms with Gasteiger partial charge in [0, 0.05) is 18.4 Å². The first-order chi connectivity index (χ1) is 14.6. The van der Waals surface area contributed by atoms with Crippen molar-refractivity contribution in [1.29, 1.82) is 5.26 Å². The lowest BCUT2D eigenvalue weighted by molar-refractivity contribution is 0.00848. The zero-order valence-electron chi connectivity index (χ0n) is 17.6. The summed E-state index contributed by atoms with van der Waals surface area (Å²) in [5.41, 5.74) is 5.45. The number of nitrogens with zero attached hydrogens (tertiary/aromatic N) is 4. The fraction of sp³-hybridized carbons (Fsp3) is 0.429. The number of hydrogen-bond donors (Lipinski definition) is 2. The summed E-state index contributed by atoms with van der Waals surface area (Å²) in [6, 6.07) is 6.40. The average Bonchev–Trinajstić information content (AvgIpc) is 3.11. The van der Waals surface area contributed by atoms with Gasteiger partial charge in [-0.25, -0.2) is 9.18 Å². The molecule has 1 aromatic heterocycles. The van der Waals surface area contributed by atoms with Crippen molar-refractivity contribution in [2.75, 3.05) is 11.9 Å². The van der Waals surface area contributed by atoms with Crippen LogP contribution < -0.4 is 11.1 Å². The third-order valence-corrected chi connectivity index (χ3v) is 4.80. The fourth-order valence-corrected chi connectivity index (χ4v) is 3.44. The molecule has 10 heteroatoms. The largest absolute Gasteiger partial charge is 0.444 e. The van der Waals surface area contributed by atoms with Crippen LogP contribution >= 0.6 is 0 Å². The molecular formula is C21H25FN6O3. The molecule has 1 aliphatic rings. The number of nitriles is 1. The number of carbonyl (C=O) groups excluding carboxylic acids is 2. The Labute approximate surface area is 179 Å². The molecule has 0 saturated carbocycles. The summed E-state index contributed by atoms with van der Waals surface area (Å²) in [5.74, 6) is -0.915. The molecule has 0 radical (unpaired) electrons. The van der Waals surface area contributed by atoms with Crippen molar-refractivity contribution >= 4 is 23.5 Å². The molecule has 1 aliphatic heterocycles. The molecule has 0 bridgehead atoms. The highest BCUT2D eigenvalue weighted by atomic mass is 19.1. The van der Waals surface area contributed by atoms with Crippen LogP contribution in [0.15, 0.2) is 30.5 Å². The van der Waals surface area contributed by atoms with Gasteiger partial charge in [0.1, 0.15) is 23.0 Å². The molecular weight excluding hydrogens is 403 g/mol. The number of amides is 2. The summed E-state index contributed by atoms with van der Waals surface area (Å²) in [5, 5.41) is 17.2. The van der Waals surface area contributed by atoms with Crippen molar-refractivity contribution < 1.29 is 18.7 Å². The lowest BCUT2D eigenvalue weighted by atomic mass is 9.97. The first kappa shape index (κ1) is 22.1. The molecule has 3 N–H and O–H groups in total. The Morgan fingerprint density at radius 3 is 2.58 bits per heavy atom. The number of primary amides is 1. The maximum absolute atomic E-state index is 13.2. The summed E-state index contributed by atoms with van der Waals surface area (Å²) in [6.07, 6.45) is 2.10. The van der Waals surface area contributed by atoms with Crippen LogP contribution in [0.3, 0.4) is 0 Å². The van der Waals surface area contributed by atoms with Gasteiger partial charge < -0.3 is 15.8 Å². The molecule has 2 unspecified atom stereocenters. The van der Waals surface area contributed by atoms with Gasteiger partial charge in [-0.15, -0.1) is 0 Å². The van der Waals surface area contributed by atoms with E-state index in [0.717, 1.165) is 0 Å². The second-order valence-corrected chi connectivity index (χ2v) is 8.32. The topological polar surface area (TPSA) is 126 Å². The number of hydrogen-bond acceptors (Lipinski definition) is 6. The molecule has 164 valence electrons. The van der Waals surface area contributed by atoms with E-state index in [2.05, 4.69) is 16.5 Å². The van der Waals surface area contributed by atoms with E-state index in [9.17, 15) is 19.2 Å². The van der Waals surface area contributed by atoms with Crippen LogP contribution in [-0.4, -0.2) is 44.9 Å². The number of aromatic nitrogens is 2. The Balaban J connectivity index is 1.90. The van der Waals surface area contributed by atoms with Crippen LogP contribution in [0.5, 0.6) is 0 Å². The van der Waals surface area contributed by atoms with Crippen LogP contribution in [0.4, 0.5) is 20.7 Å². The van der Waals surface area contributed by atoms with Crippen LogP contribution in [0, 0.1) is 17.1 Å². The molecule has 0 spiro atoms. The quantitative estimate of drug-likeness (QED) is 0.769. The van der Waals surface area contributed by atoms with Crippen LogP contribution in [-0.2, 0) is 4.74 Å². The predicted octanol–water partition coefficient (Wildman–Crippen LogP) is 3.33. The number of likely N-dealkylation sites (tertiary alicyclic amines) is 1. The normalized spacial score (nSPS) is 18.9. The first-order valence-corrected chi connectivity index (χ1v) is 9.90. The number of anilines is 2. The molecule has 1 aromatic carbocycles. The fourth-order valence-electron chi connectivity index (χ4n) is 3.44. The lowest BCUT2D eigenvalue weighted by Gasteiger charge is -2.38. The number of nitrogens with two attached hydrogens (primary N) is 1. The molecule has 3 rings (SSSR count). The minimum atomic E-state index is -0.831. The van der Waals surface area contributed by atoms with Gasteiger partial charge in [0.25, 0.3) is 5.91 Å². The second-order valence-electron chi connectivity index (χ2n) is 8.32. The number of benzene rings is 1. The lowest BCUT2D eigenvalue weighted by Crippen LogP contribution is -2.50. The highest BCUT2D eigenvalue weighted by molar-refractivity contribution is 5.98. The second kappa shape index (κ2) is 8.63. The highest BCUT2D eigenvalue weighted by Gasteiger charge is 2.38. The molecule has 1 fully saturated rings. The van der Waals surface area contributed by atoms with Crippen LogP contribution in [0.2, 0.25) is 0 Å². The maximum Gasteiger partial charge on any atom is 0.411 e. The Morgan fingerprint density at radius 2 is 2.00 bits per heavy atom. The van der Waals surface area contributed by atoms with E-state index in [-0.39, 0.29) is 11.4 Å². The van der Waals surface area contributed by atoms with Gasteiger partial charge in [-0.05, 0) is 57.9 Å². The van der Waals surface area contributed by atoms with Crippen LogP contribution in [0.1, 0.15) is 50.0 Å². The zero-order chi connectivity index (χ0) is 22.8. The van der Waals surface area contributed by atoms with E-state index >= 15 is 0 Å². The molecule has 2 heterocycles. The summed E-state index contributed by atoms with van der Waals surface area (Å²) in [7, 11) is 0. The van der Waals surface area contributed by atoms with Gasteiger partial charge in [0.15, 0.2) is 5.82 Å². The van der Waals surface area contributed by atoms with Gasteiger partial charge in [0.05, 0.1) is 12.1 Å². The van der Waals surface area contributed by atoms with E-state index in [0.29, 0.717) is 25.1 Å². The Kier molecular flexibility index (Phi) is 6.15. The Morgan fingerprint density at radius 1 is 1.32 bits per heavy atom. The molecule has 1 saturated heterocycles. The summed E-state index contributed by atoms with van der Waals surface area (Å²) in [6.45, 7) is 5.66. The molecule has 9 nitrogen and oxygen atoms in total. The number of ether oxygens (including phenoxy) is 1. The molecule has 0 aliphatic carbocycles. The monoisotopic (exact) mass is 428 g/mol. The summed E-state index contributed by atoms with van der Waals surface area (Å²) < 4.78 is 20.1. The number of carbonyl (C=O) groups is 2. The third-order valence-electron chi connectivity index (χ3n) is 4.80. The van der Waals surface area contributed by atoms with E-state index in [1.807, 2.05) is 0 Å². The van der Waals surface area contributed by atoms with E-state index in [4.69, 9.17) is 10.5 Å². The minimum Gasteiger partial charge on any atom is -0.444 e. The number of halogens is 1. The Hall–Kier alpha value is -3.61. The molecule has 2 atom stereocenters. The van der Waals surface area contributed by atoms with Gasteiger partial charge in [-0.3, -0.25) is 14.4 Å². The molecule has 31 heavy (non-hydrogen) atoms. The summed E-state index contributed by atoms with van der Waals surface area (Å²) in [4.78, 5) is 26.0. The first-order valence-electron chi connectivity index (χ1n) is 9.90. The van der Waals surface area contributed by atoms with Crippen molar-refractivity contribution in [1.82, 2.24) is 14.7 Å². The van der Waals surface area contributed by atoms with Crippen LogP contribution in [0.25, 0.3) is 0 Å². The van der Waals surface area contributed by atoms with Crippen molar-refractivity contribution in [3.05, 3.63) is 41.8 Å². The van der Waals surface area contributed by atoms with E-state index in [1.54, 1.807) is 20.8 Å². The van der Waals surface area contributed by atoms with Crippen molar-refractivity contribution in [3.8, 4) is 6.07 Å². The standard InChI is InChI=1S/C21H25FN6O3/c1-21(2,3)31-20(30)27-10-4-5-16(17(27)11-23)28-12-15(18(24)29)19(26-28)25-14-8-6-13(22)7-9-14/h6-9,12,16-17H,4-5,10H2,1-3H3,(H2,24,29)(H,25,26). The van der Waals surface area contributed by atoms with Gasteiger partial charge >= 0.3 is 6.09 Å². The smallest absolute Gasteiger partial charge is 0.411 e. The van der Waals surface area contributed by atoms with Crippen molar-refractivity contribution in [2.45, 2.75) is 51.3 Å². The number of rotatable bonds is 4. The van der Waals surface area contributed by atoms with Crippen molar-refractivity contribution in [2.24, 2.45) is 5.73 Å². The average molecular weight is 428 g/mol. The number of nitrogens with one attached hydrogen (secondary N) is 1. The molecule has 2 amide bonds. The maximum atomic E-state index is 13.2. The molecule has 2 aromatic rings. The predicted molar refractivity (Wildman–Crippen MR) is 111 cm³/mol. The zero-order valence-corrected chi connectivity index (χ0v) is 17.6. The number of piperidine rings is 1. The Bertz CT molecular complexity index is 1010. The SMILES string of the molecule is CC(C)(C)OC(=O)N1CCCC(n2cc(C(N)=O)c(Nc3ccc(F)cc3)n2)C1C#N. The van der Waals surface area contributed by atoms with E-state index < -0.39 is 35.5 Å². The van der Waals surface area contributed by atoms with Gasteiger partial charge in [0.2, 0.25) is 0 Å². The van der Waals surface area contributed by atoms with Gasteiger partial charge in [-0.2, -0.15) is 10.4 Å². The van der Waals surface area contributed by atoms with Crippen molar-refractivity contribution in [3.63, 3.8) is 0 Å². The van der Waals surface area contributed by atoms with Gasteiger partial charge in [-0.1, -0.05) is 0 Å². The minimum absolute atomic E-state index is 0.121. The third kappa shape index (κ3) is 5.12. The highest BCUT2D eigenvalue weighted by Crippen LogP contribution is 2.31.